The summed E-state index contributed by atoms with van der Waals surface area (Å²) in [5.74, 6) is 1.32. The van der Waals surface area contributed by atoms with Crippen molar-refractivity contribution in [2.24, 2.45) is 7.05 Å². The van der Waals surface area contributed by atoms with E-state index in [0.29, 0.717) is 0 Å². The van der Waals surface area contributed by atoms with Crippen LogP contribution in [0.3, 0.4) is 0 Å². The van der Waals surface area contributed by atoms with E-state index in [1.165, 1.54) is 28.0 Å². The van der Waals surface area contributed by atoms with Gasteiger partial charge in [0.15, 0.2) is 11.0 Å². The third kappa shape index (κ3) is 1.36. The van der Waals surface area contributed by atoms with E-state index >= 15 is 0 Å². The van der Waals surface area contributed by atoms with Crippen molar-refractivity contribution in [1.82, 2.24) is 4.57 Å². The molecule has 0 bridgehead atoms. The number of nitrogens with zero attached hydrogens (tertiary/aromatic N) is 2. The highest BCUT2D eigenvalue weighted by molar-refractivity contribution is 5.76. The quantitative estimate of drug-likeness (QED) is 0.629. The molecular formula is C13H19N2+. The molecule has 0 amide bonds. The number of imidazole rings is 1. The highest BCUT2D eigenvalue weighted by Crippen LogP contribution is 2.19. The molecular weight excluding hydrogens is 184 g/mol. The lowest BCUT2D eigenvalue weighted by Gasteiger charge is -1.98. The summed E-state index contributed by atoms with van der Waals surface area (Å²) >= 11 is 0. The fraction of sp³-hybridized carbons (Fsp3) is 0.462. The standard InChI is InChI=1S/C13H19N2/c1-6-15-11(4)14(5)12-8-9(2)7-10(3)13(12)15/h7-8H,6H2,1-5H3/q+1. The zero-order valence-corrected chi connectivity index (χ0v) is 10.3. The zero-order valence-electron chi connectivity index (χ0n) is 10.3. The summed E-state index contributed by atoms with van der Waals surface area (Å²) in [5.41, 5.74) is 5.43. The van der Waals surface area contributed by atoms with Gasteiger partial charge in [-0.1, -0.05) is 6.07 Å². The lowest BCUT2D eigenvalue weighted by molar-refractivity contribution is -0.675. The van der Waals surface area contributed by atoms with Crippen LogP contribution in [-0.2, 0) is 13.6 Å². The Morgan fingerprint density at radius 2 is 1.87 bits per heavy atom. The highest BCUT2D eigenvalue weighted by Gasteiger charge is 2.19. The second-order valence-corrected chi connectivity index (χ2v) is 4.30. The molecule has 0 unspecified atom stereocenters. The van der Waals surface area contributed by atoms with E-state index in [1.54, 1.807) is 0 Å². The van der Waals surface area contributed by atoms with Gasteiger partial charge in [-0.3, -0.25) is 0 Å². The van der Waals surface area contributed by atoms with Gasteiger partial charge in [-0.15, -0.1) is 0 Å². The summed E-state index contributed by atoms with van der Waals surface area (Å²) in [6.45, 7) is 9.77. The van der Waals surface area contributed by atoms with E-state index < -0.39 is 0 Å². The molecule has 2 aromatic rings. The maximum absolute atomic E-state index is 2.38. The third-order valence-corrected chi connectivity index (χ3v) is 3.25. The van der Waals surface area contributed by atoms with Crippen LogP contribution in [0.2, 0.25) is 0 Å². The Labute approximate surface area is 91.2 Å². The summed E-state index contributed by atoms with van der Waals surface area (Å²) in [7, 11) is 2.14. The van der Waals surface area contributed by atoms with Crippen molar-refractivity contribution in [2.45, 2.75) is 34.2 Å². The number of hydrogen-bond donors (Lipinski definition) is 0. The molecule has 0 spiro atoms. The van der Waals surface area contributed by atoms with Crippen LogP contribution in [-0.4, -0.2) is 4.57 Å². The van der Waals surface area contributed by atoms with Crippen LogP contribution in [0.15, 0.2) is 12.1 Å². The lowest BCUT2D eigenvalue weighted by Crippen LogP contribution is -2.35. The van der Waals surface area contributed by atoms with E-state index in [4.69, 9.17) is 0 Å². The van der Waals surface area contributed by atoms with Crippen LogP contribution >= 0.6 is 0 Å². The molecule has 0 saturated carbocycles. The largest absolute Gasteiger partial charge is 0.253 e. The Balaban J connectivity index is 2.97. The Morgan fingerprint density at radius 3 is 2.47 bits per heavy atom. The van der Waals surface area contributed by atoms with Gasteiger partial charge < -0.3 is 0 Å². The molecule has 0 saturated heterocycles. The SMILES string of the molecule is CC[n+]1c(C)n(C)c2cc(C)cc(C)c21. The Bertz CT molecular complexity index is 521. The van der Waals surface area contributed by atoms with E-state index in [9.17, 15) is 0 Å². The number of hydrogen-bond acceptors (Lipinski definition) is 0. The molecule has 15 heavy (non-hydrogen) atoms. The summed E-state index contributed by atoms with van der Waals surface area (Å²) in [5, 5.41) is 0. The van der Waals surface area contributed by atoms with Crippen LogP contribution in [0.4, 0.5) is 0 Å². The molecule has 2 heteroatoms. The molecule has 0 aliphatic rings. The molecule has 80 valence electrons. The van der Waals surface area contributed by atoms with Crippen LogP contribution in [0, 0.1) is 20.8 Å². The number of fused-ring (bicyclic) bond motifs is 1. The number of aromatic nitrogens is 2. The molecule has 0 atom stereocenters. The highest BCUT2D eigenvalue weighted by atomic mass is 15.1. The second kappa shape index (κ2) is 3.37. The Hall–Kier alpha value is -1.31. The first-order valence-corrected chi connectivity index (χ1v) is 5.52. The van der Waals surface area contributed by atoms with E-state index in [1.807, 2.05) is 0 Å². The third-order valence-electron chi connectivity index (χ3n) is 3.25. The van der Waals surface area contributed by atoms with Crippen LogP contribution in [0.1, 0.15) is 23.9 Å². The monoisotopic (exact) mass is 203 g/mol. The van der Waals surface area contributed by atoms with Gasteiger partial charge in [-0.2, -0.15) is 0 Å². The molecule has 2 rings (SSSR count). The average molecular weight is 203 g/mol. The van der Waals surface area contributed by atoms with Crippen LogP contribution in [0.5, 0.6) is 0 Å². The number of benzene rings is 1. The maximum atomic E-state index is 2.38. The molecule has 0 radical (unpaired) electrons. The maximum Gasteiger partial charge on any atom is 0.253 e. The van der Waals surface area contributed by atoms with Gasteiger partial charge in [0, 0.05) is 12.5 Å². The molecule has 1 aromatic carbocycles. The second-order valence-electron chi connectivity index (χ2n) is 4.30. The van der Waals surface area contributed by atoms with Gasteiger partial charge >= 0.3 is 0 Å². The van der Waals surface area contributed by atoms with Crippen molar-refractivity contribution < 1.29 is 4.57 Å². The minimum atomic E-state index is 1.03. The molecule has 0 fully saturated rings. The number of aryl methyl sites for hydroxylation is 4. The predicted octanol–water partition coefficient (Wildman–Crippen LogP) is 2.41. The number of rotatable bonds is 1. The van der Waals surface area contributed by atoms with Crippen LogP contribution in [0.25, 0.3) is 11.0 Å². The van der Waals surface area contributed by atoms with Crippen molar-refractivity contribution in [3.05, 3.63) is 29.1 Å². The van der Waals surface area contributed by atoms with Crippen molar-refractivity contribution in [2.75, 3.05) is 0 Å². The van der Waals surface area contributed by atoms with E-state index in [2.05, 4.69) is 56.0 Å². The molecule has 0 N–H and O–H groups in total. The van der Waals surface area contributed by atoms with Gasteiger partial charge in [-0.25, -0.2) is 9.13 Å². The van der Waals surface area contributed by atoms with Crippen molar-refractivity contribution in [3.8, 4) is 0 Å². The Morgan fingerprint density at radius 1 is 1.20 bits per heavy atom. The van der Waals surface area contributed by atoms with Gasteiger partial charge in [0.25, 0.3) is 5.82 Å². The van der Waals surface area contributed by atoms with Gasteiger partial charge in [0.05, 0.1) is 13.6 Å². The fourth-order valence-electron chi connectivity index (χ4n) is 2.45. The van der Waals surface area contributed by atoms with Crippen molar-refractivity contribution >= 4 is 11.0 Å². The molecule has 2 nitrogen and oxygen atoms in total. The molecule has 0 aliphatic heterocycles. The first-order chi connectivity index (χ1) is 7.06. The Kier molecular flexibility index (Phi) is 2.29. The zero-order chi connectivity index (χ0) is 11.2. The minimum Gasteiger partial charge on any atom is -0.230 e. The summed E-state index contributed by atoms with van der Waals surface area (Å²) in [6, 6.07) is 4.52. The summed E-state index contributed by atoms with van der Waals surface area (Å²) in [6.07, 6.45) is 0. The van der Waals surface area contributed by atoms with E-state index in [0.717, 1.165) is 6.54 Å². The van der Waals surface area contributed by atoms with Crippen molar-refractivity contribution in [1.29, 1.82) is 0 Å². The summed E-state index contributed by atoms with van der Waals surface area (Å²) in [4.78, 5) is 0. The van der Waals surface area contributed by atoms with Gasteiger partial charge in [0.1, 0.15) is 0 Å². The molecule has 1 aromatic heterocycles. The van der Waals surface area contributed by atoms with Crippen molar-refractivity contribution in [3.63, 3.8) is 0 Å². The normalized spacial score (nSPS) is 11.3. The first-order valence-electron chi connectivity index (χ1n) is 5.52. The average Bonchev–Trinajstić information content (AvgIpc) is 2.42. The van der Waals surface area contributed by atoms with E-state index in [-0.39, 0.29) is 0 Å². The van der Waals surface area contributed by atoms with Gasteiger partial charge in [0.2, 0.25) is 0 Å². The smallest absolute Gasteiger partial charge is 0.230 e. The van der Waals surface area contributed by atoms with Crippen LogP contribution < -0.4 is 4.57 Å². The summed E-state index contributed by atoms with van der Waals surface area (Å²) < 4.78 is 4.66. The lowest BCUT2D eigenvalue weighted by atomic mass is 10.1. The fourth-order valence-corrected chi connectivity index (χ4v) is 2.45. The molecule has 0 aliphatic carbocycles. The topological polar surface area (TPSA) is 8.81 Å². The first kappa shape index (κ1) is 10.2. The predicted molar refractivity (Wildman–Crippen MR) is 63.0 cm³/mol. The minimum absolute atomic E-state index is 1.03. The van der Waals surface area contributed by atoms with Gasteiger partial charge in [-0.05, 0) is 32.4 Å². The molecule has 1 heterocycles.